The third-order valence-electron chi connectivity index (χ3n) is 3.22. The van der Waals surface area contributed by atoms with E-state index in [0.717, 1.165) is 0 Å². The Kier molecular flexibility index (Phi) is 2.82. The smallest absolute Gasteiger partial charge is 0.155 e. The van der Waals surface area contributed by atoms with Crippen LogP contribution in [0.3, 0.4) is 0 Å². The summed E-state index contributed by atoms with van der Waals surface area (Å²) >= 11 is 0. The number of nitrogen functional groups attached to an aromatic ring is 1. The van der Waals surface area contributed by atoms with Crippen LogP contribution in [0.5, 0.6) is 0 Å². The van der Waals surface area contributed by atoms with Gasteiger partial charge < -0.3 is 25.8 Å². The highest BCUT2D eigenvalue weighted by molar-refractivity contribution is 5.85. The van der Waals surface area contributed by atoms with E-state index in [-0.39, 0.29) is 5.82 Å². The van der Waals surface area contributed by atoms with Crippen molar-refractivity contribution in [2.75, 3.05) is 12.3 Å². The maximum absolute atomic E-state index is 9.95. The summed E-state index contributed by atoms with van der Waals surface area (Å²) in [5.41, 5.74) is 6.84. The number of aromatic nitrogens is 4. The highest BCUT2D eigenvalue weighted by Gasteiger charge is 2.44. The average molecular weight is 267 g/mol. The van der Waals surface area contributed by atoms with Crippen LogP contribution in [-0.2, 0) is 4.74 Å². The topological polar surface area (TPSA) is 150 Å². The average Bonchev–Trinajstić information content (AvgIpc) is 2.94. The number of aliphatic hydroxyl groups excluding tert-OH is 3. The van der Waals surface area contributed by atoms with Crippen molar-refractivity contribution < 1.29 is 20.1 Å². The van der Waals surface area contributed by atoms with Crippen LogP contribution in [0.4, 0.5) is 5.82 Å². The molecule has 2 aromatic heterocycles. The predicted molar refractivity (Wildman–Crippen MR) is 62.8 cm³/mol. The zero-order valence-electron chi connectivity index (χ0n) is 9.76. The van der Waals surface area contributed by atoms with E-state index in [0.29, 0.717) is 16.7 Å². The lowest BCUT2D eigenvalue weighted by atomic mass is 10.1. The van der Waals surface area contributed by atoms with Crippen LogP contribution in [0.15, 0.2) is 6.33 Å². The largest absolute Gasteiger partial charge is 0.394 e. The monoisotopic (exact) mass is 267 g/mol. The number of ether oxygens (including phenoxy) is 1. The fraction of sp³-hybridized carbons (Fsp3) is 0.500. The second kappa shape index (κ2) is 4.38. The van der Waals surface area contributed by atoms with E-state index >= 15 is 0 Å². The highest BCUT2D eigenvalue weighted by Crippen LogP contribution is 2.35. The lowest BCUT2D eigenvalue weighted by molar-refractivity contribution is -0.0236. The van der Waals surface area contributed by atoms with Gasteiger partial charge in [-0.25, -0.2) is 9.97 Å². The van der Waals surface area contributed by atoms with Gasteiger partial charge in [-0.2, -0.15) is 5.10 Å². The molecule has 0 bridgehead atoms. The van der Waals surface area contributed by atoms with Crippen molar-refractivity contribution >= 4 is 16.9 Å². The Morgan fingerprint density at radius 1 is 1.26 bits per heavy atom. The van der Waals surface area contributed by atoms with E-state index in [1.807, 2.05) is 0 Å². The Labute approximate surface area is 107 Å². The number of H-pyrrole nitrogens is 1. The molecule has 0 aromatic carbocycles. The number of aromatic amines is 1. The van der Waals surface area contributed by atoms with E-state index in [1.54, 1.807) is 0 Å². The quantitative estimate of drug-likeness (QED) is 0.423. The van der Waals surface area contributed by atoms with Crippen LogP contribution in [0, 0.1) is 0 Å². The molecule has 102 valence electrons. The molecule has 4 atom stereocenters. The van der Waals surface area contributed by atoms with E-state index < -0.39 is 31.0 Å². The zero-order valence-corrected chi connectivity index (χ0v) is 9.76. The number of anilines is 1. The van der Waals surface area contributed by atoms with E-state index in [4.69, 9.17) is 15.6 Å². The number of nitrogens with one attached hydrogen (secondary N) is 1. The van der Waals surface area contributed by atoms with Crippen LogP contribution in [0.25, 0.3) is 11.0 Å². The van der Waals surface area contributed by atoms with Gasteiger partial charge in [0, 0.05) is 0 Å². The first kappa shape index (κ1) is 12.2. The van der Waals surface area contributed by atoms with Crippen LogP contribution in [0.2, 0.25) is 0 Å². The summed E-state index contributed by atoms with van der Waals surface area (Å²) in [6.07, 6.45) is -2.79. The van der Waals surface area contributed by atoms with Crippen molar-refractivity contribution in [1.82, 2.24) is 20.2 Å². The standard InChI is InChI=1S/C10H13N5O4/c11-10-6-4(12-2-13-10)5(14-15-6)9-8(18)7(17)3(1-16)19-9/h2-3,7-9,16-18H,1H2,(H,14,15)(H2,11,12,13)/t3-,7-,8+,9-/m0/s1. The second-order valence-electron chi connectivity index (χ2n) is 4.35. The number of rotatable bonds is 2. The predicted octanol–water partition coefficient (Wildman–Crippen LogP) is -1.91. The molecular weight excluding hydrogens is 254 g/mol. The Morgan fingerprint density at radius 3 is 2.74 bits per heavy atom. The van der Waals surface area contributed by atoms with Gasteiger partial charge in [-0.15, -0.1) is 0 Å². The van der Waals surface area contributed by atoms with Gasteiger partial charge in [0.25, 0.3) is 0 Å². The van der Waals surface area contributed by atoms with Crippen molar-refractivity contribution in [3.63, 3.8) is 0 Å². The molecule has 9 heteroatoms. The molecule has 2 aromatic rings. The molecule has 0 radical (unpaired) electrons. The lowest BCUT2D eigenvalue weighted by Gasteiger charge is -2.12. The fourth-order valence-electron chi connectivity index (χ4n) is 2.21. The van der Waals surface area contributed by atoms with Crippen molar-refractivity contribution in [1.29, 1.82) is 0 Å². The molecule has 6 N–H and O–H groups in total. The summed E-state index contributed by atoms with van der Waals surface area (Å²) in [7, 11) is 0. The normalized spacial score (nSPS) is 31.1. The number of nitrogens with zero attached hydrogens (tertiary/aromatic N) is 3. The highest BCUT2D eigenvalue weighted by atomic mass is 16.6. The first-order chi connectivity index (χ1) is 9.13. The number of fused-ring (bicyclic) bond motifs is 1. The summed E-state index contributed by atoms with van der Waals surface area (Å²) in [4.78, 5) is 7.84. The van der Waals surface area contributed by atoms with Crippen LogP contribution >= 0.6 is 0 Å². The van der Waals surface area contributed by atoms with Gasteiger partial charge in [0.15, 0.2) is 11.3 Å². The summed E-state index contributed by atoms with van der Waals surface area (Å²) in [6, 6.07) is 0. The Hall–Kier alpha value is -1.81. The number of aliphatic hydroxyl groups is 3. The van der Waals surface area contributed by atoms with Gasteiger partial charge in [0.05, 0.1) is 12.3 Å². The molecule has 1 fully saturated rings. The van der Waals surface area contributed by atoms with Gasteiger partial charge in [-0.3, -0.25) is 5.10 Å². The van der Waals surface area contributed by atoms with Gasteiger partial charge in [0.1, 0.15) is 36.3 Å². The SMILES string of the molecule is Nc1ncnc2c([C@@H]3O[C@@H](CO)[C@H](O)[C@H]3O)[nH]nc12. The molecule has 9 nitrogen and oxygen atoms in total. The maximum Gasteiger partial charge on any atom is 0.155 e. The molecule has 19 heavy (non-hydrogen) atoms. The molecule has 1 aliphatic heterocycles. The molecule has 1 aliphatic rings. The Bertz CT molecular complexity index is 603. The molecule has 3 heterocycles. The first-order valence-corrected chi connectivity index (χ1v) is 5.70. The summed E-state index contributed by atoms with van der Waals surface area (Å²) in [5.74, 6) is 0.208. The minimum Gasteiger partial charge on any atom is -0.394 e. The lowest BCUT2D eigenvalue weighted by Crippen LogP contribution is -2.32. The second-order valence-corrected chi connectivity index (χ2v) is 4.35. The van der Waals surface area contributed by atoms with Crippen LogP contribution in [0.1, 0.15) is 11.8 Å². The molecule has 0 spiro atoms. The molecule has 0 amide bonds. The van der Waals surface area contributed by atoms with Gasteiger partial charge in [0.2, 0.25) is 0 Å². The first-order valence-electron chi connectivity index (χ1n) is 5.70. The van der Waals surface area contributed by atoms with Crippen molar-refractivity contribution in [3.8, 4) is 0 Å². The third kappa shape index (κ3) is 1.75. The van der Waals surface area contributed by atoms with Gasteiger partial charge >= 0.3 is 0 Å². The summed E-state index contributed by atoms with van der Waals surface area (Å²) in [5, 5.41) is 35.4. The molecule has 0 saturated carbocycles. The van der Waals surface area contributed by atoms with Crippen LogP contribution < -0.4 is 5.73 Å². The van der Waals surface area contributed by atoms with E-state index in [2.05, 4.69) is 20.2 Å². The van der Waals surface area contributed by atoms with E-state index in [1.165, 1.54) is 6.33 Å². The Morgan fingerprint density at radius 2 is 2.05 bits per heavy atom. The Balaban J connectivity index is 2.04. The van der Waals surface area contributed by atoms with Crippen molar-refractivity contribution in [3.05, 3.63) is 12.0 Å². The fourth-order valence-corrected chi connectivity index (χ4v) is 2.21. The van der Waals surface area contributed by atoms with Crippen molar-refractivity contribution in [2.45, 2.75) is 24.4 Å². The van der Waals surface area contributed by atoms with E-state index in [9.17, 15) is 10.2 Å². The molecule has 0 aliphatic carbocycles. The van der Waals surface area contributed by atoms with Gasteiger partial charge in [-0.05, 0) is 0 Å². The zero-order chi connectivity index (χ0) is 13.6. The summed E-state index contributed by atoms with van der Waals surface area (Å²) in [6.45, 7) is -0.391. The minimum atomic E-state index is -1.18. The molecule has 1 saturated heterocycles. The number of hydrogen-bond donors (Lipinski definition) is 5. The minimum absolute atomic E-state index is 0.208. The summed E-state index contributed by atoms with van der Waals surface area (Å²) < 4.78 is 5.40. The molecular formula is C10H13N5O4. The van der Waals surface area contributed by atoms with Crippen LogP contribution in [-0.4, -0.2) is 60.4 Å². The number of hydrogen-bond acceptors (Lipinski definition) is 8. The molecule has 0 unspecified atom stereocenters. The third-order valence-corrected chi connectivity index (χ3v) is 3.22. The number of nitrogens with two attached hydrogens (primary N) is 1. The maximum atomic E-state index is 9.95. The van der Waals surface area contributed by atoms with Crippen molar-refractivity contribution in [2.24, 2.45) is 0 Å². The van der Waals surface area contributed by atoms with Gasteiger partial charge in [-0.1, -0.05) is 0 Å². The molecule has 3 rings (SSSR count).